The topological polar surface area (TPSA) is 91.3 Å². The number of carboxylic acid groups (broad SMARTS) is 1. The maximum absolute atomic E-state index is 11.1. The summed E-state index contributed by atoms with van der Waals surface area (Å²) in [6, 6.07) is 3.03. The Bertz CT molecular complexity index is 389. The van der Waals surface area contributed by atoms with E-state index >= 15 is 0 Å². The van der Waals surface area contributed by atoms with Crippen LogP contribution in [-0.4, -0.2) is 35.1 Å². The quantitative estimate of drug-likeness (QED) is 0.678. The number of carbonyl (C=O) groups excluding carboxylic acids is 1. The van der Waals surface area contributed by atoms with Crippen molar-refractivity contribution in [1.29, 1.82) is 0 Å². The van der Waals surface area contributed by atoms with Gasteiger partial charge in [0.1, 0.15) is 5.82 Å². The minimum absolute atomic E-state index is 0.0258. The first-order valence-electron chi connectivity index (χ1n) is 5.33. The molecule has 1 aromatic rings. The summed E-state index contributed by atoms with van der Waals surface area (Å²) in [6.07, 6.45) is 1.63. The van der Waals surface area contributed by atoms with Gasteiger partial charge in [-0.1, -0.05) is 0 Å². The van der Waals surface area contributed by atoms with Crippen molar-refractivity contribution < 1.29 is 14.7 Å². The highest BCUT2D eigenvalue weighted by atomic mass is 16.4. The minimum atomic E-state index is -1.01. The fourth-order valence-electron chi connectivity index (χ4n) is 1.21. The molecule has 17 heavy (non-hydrogen) atoms. The Balaban J connectivity index is 2.37. The average Bonchev–Trinajstić information content (AvgIpc) is 2.30. The molecule has 0 saturated heterocycles. The highest BCUT2D eigenvalue weighted by Gasteiger charge is 2.03. The molecular formula is C11H15N3O3. The molecular weight excluding hydrogens is 222 g/mol. The van der Waals surface area contributed by atoms with Gasteiger partial charge in [-0.15, -0.1) is 0 Å². The third-order valence-electron chi connectivity index (χ3n) is 2.04. The van der Waals surface area contributed by atoms with Gasteiger partial charge >= 0.3 is 5.97 Å². The summed E-state index contributed by atoms with van der Waals surface area (Å²) in [4.78, 5) is 25.6. The van der Waals surface area contributed by atoms with Crippen molar-refractivity contribution >= 4 is 17.7 Å². The van der Waals surface area contributed by atoms with Gasteiger partial charge in [0.15, 0.2) is 0 Å². The summed E-state index contributed by atoms with van der Waals surface area (Å²) < 4.78 is 0. The Morgan fingerprint density at radius 1 is 1.41 bits per heavy atom. The van der Waals surface area contributed by atoms with E-state index in [4.69, 9.17) is 5.11 Å². The summed E-state index contributed by atoms with van der Waals surface area (Å²) in [7, 11) is 0. The lowest BCUT2D eigenvalue weighted by atomic mass is 10.3. The molecule has 1 rings (SSSR count). The lowest BCUT2D eigenvalue weighted by Gasteiger charge is -2.05. The summed E-state index contributed by atoms with van der Waals surface area (Å²) in [5, 5.41) is 14.3. The number of nitrogens with zero attached hydrogens (tertiary/aromatic N) is 1. The molecule has 0 unspecified atom stereocenters. The molecule has 0 aromatic carbocycles. The first-order valence-corrected chi connectivity index (χ1v) is 5.33. The minimum Gasteiger partial charge on any atom is -0.478 e. The number of hydrogen-bond donors (Lipinski definition) is 3. The van der Waals surface area contributed by atoms with E-state index in [0.29, 0.717) is 25.3 Å². The maximum atomic E-state index is 11.1. The fraction of sp³-hybridized carbons (Fsp3) is 0.364. The number of carbonyl (C=O) groups is 2. The zero-order valence-electron chi connectivity index (χ0n) is 9.56. The fourth-order valence-corrected chi connectivity index (χ4v) is 1.21. The number of rotatable bonds is 6. The first kappa shape index (κ1) is 13.0. The smallest absolute Gasteiger partial charge is 0.337 e. The molecule has 1 amide bonds. The largest absolute Gasteiger partial charge is 0.478 e. The molecule has 0 radical (unpaired) electrons. The molecule has 6 nitrogen and oxygen atoms in total. The molecule has 0 aliphatic heterocycles. The van der Waals surface area contributed by atoms with Crippen molar-refractivity contribution in [3.8, 4) is 0 Å². The van der Waals surface area contributed by atoms with Gasteiger partial charge in [-0.2, -0.15) is 0 Å². The van der Waals surface area contributed by atoms with E-state index in [-0.39, 0.29) is 11.5 Å². The number of carboxylic acids is 1. The van der Waals surface area contributed by atoms with Crippen LogP contribution >= 0.6 is 0 Å². The predicted molar refractivity (Wildman–Crippen MR) is 63.0 cm³/mol. The van der Waals surface area contributed by atoms with Crippen molar-refractivity contribution in [2.24, 2.45) is 0 Å². The molecule has 3 N–H and O–H groups in total. The van der Waals surface area contributed by atoms with Crippen molar-refractivity contribution in [3.05, 3.63) is 23.9 Å². The monoisotopic (exact) mass is 237 g/mol. The summed E-state index contributed by atoms with van der Waals surface area (Å²) >= 11 is 0. The molecule has 0 bridgehead atoms. The Hall–Kier alpha value is -2.11. The zero-order valence-corrected chi connectivity index (χ0v) is 9.56. The Labute approximate surface area is 99.1 Å². The van der Waals surface area contributed by atoms with Crippen LogP contribution in [0.5, 0.6) is 0 Å². The molecule has 0 spiro atoms. The van der Waals surface area contributed by atoms with Gasteiger partial charge in [0.25, 0.3) is 0 Å². The lowest BCUT2D eigenvalue weighted by Crippen LogP contribution is -2.24. The summed E-state index contributed by atoms with van der Waals surface area (Å²) in [5.41, 5.74) is 0.138. The lowest BCUT2D eigenvalue weighted by molar-refractivity contribution is -0.120. The van der Waals surface area contributed by atoms with Crippen LogP contribution in [0.1, 0.15) is 23.7 Å². The van der Waals surface area contributed by atoms with Gasteiger partial charge in [0, 0.05) is 25.7 Å². The summed E-state index contributed by atoms with van der Waals surface area (Å²) in [6.45, 7) is 2.94. The number of nitrogens with one attached hydrogen (secondary N) is 2. The van der Waals surface area contributed by atoms with Crippen LogP contribution in [0.25, 0.3) is 0 Å². The Morgan fingerprint density at radius 2 is 2.18 bits per heavy atom. The second-order valence-corrected chi connectivity index (χ2v) is 3.37. The summed E-state index contributed by atoms with van der Waals surface area (Å²) in [5.74, 6) is -0.479. The average molecular weight is 237 g/mol. The van der Waals surface area contributed by atoms with E-state index in [9.17, 15) is 9.59 Å². The zero-order chi connectivity index (χ0) is 12.7. The third kappa shape index (κ3) is 4.50. The van der Waals surface area contributed by atoms with Crippen LogP contribution in [-0.2, 0) is 4.79 Å². The van der Waals surface area contributed by atoms with E-state index in [1.54, 1.807) is 6.07 Å². The molecule has 0 atom stereocenters. The molecule has 0 aliphatic carbocycles. The van der Waals surface area contributed by atoms with Crippen molar-refractivity contribution in [2.45, 2.75) is 13.3 Å². The number of aromatic carboxylic acids is 1. The van der Waals surface area contributed by atoms with Gasteiger partial charge in [0.05, 0.1) is 5.56 Å². The highest BCUT2D eigenvalue weighted by Crippen LogP contribution is 2.04. The van der Waals surface area contributed by atoms with E-state index in [1.807, 2.05) is 6.92 Å². The second-order valence-electron chi connectivity index (χ2n) is 3.37. The standard InChI is InChI=1S/C11H15N3O3/c1-2-12-10(15)5-6-13-9-4-3-8(7-14-9)11(16)17/h3-4,7H,2,5-6H2,1H3,(H,12,15)(H,13,14)(H,16,17). The maximum Gasteiger partial charge on any atom is 0.337 e. The van der Waals surface area contributed by atoms with Gasteiger partial charge in [-0.3, -0.25) is 4.79 Å². The van der Waals surface area contributed by atoms with E-state index < -0.39 is 5.97 Å². The van der Waals surface area contributed by atoms with Crippen LogP contribution in [0, 0.1) is 0 Å². The highest BCUT2D eigenvalue weighted by molar-refractivity contribution is 5.87. The van der Waals surface area contributed by atoms with Crippen LogP contribution in [0.2, 0.25) is 0 Å². The molecule has 1 aromatic heterocycles. The molecule has 0 saturated carbocycles. The number of hydrogen-bond acceptors (Lipinski definition) is 4. The Kier molecular flexibility index (Phi) is 4.93. The van der Waals surface area contributed by atoms with Gasteiger partial charge in [0.2, 0.25) is 5.91 Å². The van der Waals surface area contributed by atoms with Crippen LogP contribution < -0.4 is 10.6 Å². The molecule has 6 heteroatoms. The van der Waals surface area contributed by atoms with Gasteiger partial charge in [-0.25, -0.2) is 9.78 Å². The normalized spacial score (nSPS) is 9.71. The van der Waals surface area contributed by atoms with Crippen LogP contribution in [0.4, 0.5) is 5.82 Å². The third-order valence-corrected chi connectivity index (χ3v) is 2.04. The second kappa shape index (κ2) is 6.47. The van der Waals surface area contributed by atoms with E-state index in [2.05, 4.69) is 15.6 Å². The van der Waals surface area contributed by atoms with Crippen molar-refractivity contribution in [1.82, 2.24) is 10.3 Å². The predicted octanol–water partition coefficient (Wildman–Crippen LogP) is 0.718. The van der Waals surface area contributed by atoms with Gasteiger partial charge in [-0.05, 0) is 19.1 Å². The molecule has 92 valence electrons. The number of pyridine rings is 1. The number of anilines is 1. The number of aromatic nitrogens is 1. The molecule has 1 heterocycles. The Morgan fingerprint density at radius 3 is 2.71 bits per heavy atom. The molecule has 0 aliphatic rings. The van der Waals surface area contributed by atoms with Crippen LogP contribution in [0.15, 0.2) is 18.3 Å². The SMILES string of the molecule is CCNC(=O)CCNc1ccc(C(=O)O)cn1. The van der Waals surface area contributed by atoms with Crippen LogP contribution in [0.3, 0.4) is 0 Å². The van der Waals surface area contributed by atoms with E-state index in [0.717, 1.165) is 0 Å². The van der Waals surface area contributed by atoms with Crippen molar-refractivity contribution in [3.63, 3.8) is 0 Å². The van der Waals surface area contributed by atoms with E-state index in [1.165, 1.54) is 12.3 Å². The number of amides is 1. The van der Waals surface area contributed by atoms with Gasteiger partial charge < -0.3 is 15.7 Å². The van der Waals surface area contributed by atoms with Crippen molar-refractivity contribution in [2.75, 3.05) is 18.4 Å². The molecule has 0 fully saturated rings. The first-order chi connectivity index (χ1) is 8.13.